The average molecular weight is 548 g/mol. The summed E-state index contributed by atoms with van der Waals surface area (Å²) in [4.78, 5) is 27.7. The van der Waals surface area contributed by atoms with E-state index < -0.39 is 46.6 Å². The van der Waals surface area contributed by atoms with Crippen molar-refractivity contribution in [2.45, 2.75) is 83.5 Å². The van der Waals surface area contributed by atoms with E-state index in [0.29, 0.717) is 19.3 Å². The number of carbonyl (C=O) groups excluding carboxylic acids is 2. The smallest absolute Gasteiger partial charge is 0.238 e. The molecule has 1 heterocycles. The van der Waals surface area contributed by atoms with E-state index in [2.05, 4.69) is 16.0 Å². The highest BCUT2D eigenvalue weighted by molar-refractivity contribution is 6.30. The van der Waals surface area contributed by atoms with Crippen LogP contribution in [0.2, 0.25) is 5.02 Å². The van der Waals surface area contributed by atoms with Crippen molar-refractivity contribution in [1.29, 1.82) is 0 Å². The monoisotopic (exact) mass is 547 g/mol. The molecular weight excluding hydrogens is 512 g/mol. The molecule has 38 heavy (non-hydrogen) atoms. The van der Waals surface area contributed by atoms with Gasteiger partial charge in [-0.2, -0.15) is 0 Å². The number of hydrogen-bond donors (Lipinski definition) is 4. The molecule has 0 bridgehead atoms. The van der Waals surface area contributed by atoms with Gasteiger partial charge in [-0.15, -0.1) is 0 Å². The van der Waals surface area contributed by atoms with E-state index in [1.807, 2.05) is 20.8 Å². The molecule has 4 rings (SSSR count). The maximum atomic E-state index is 15.6. The number of hydrogen-bond acceptors (Lipinski definition) is 4. The van der Waals surface area contributed by atoms with Crippen molar-refractivity contribution in [2.24, 2.45) is 10.8 Å². The zero-order valence-corrected chi connectivity index (χ0v) is 23.1. The number of halogens is 3. The first kappa shape index (κ1) is 28.5. The molecule has 1 aliphatic heterocycles. The second-order valence-electron chi connectivity index (χ2n) is 12.4. The standard InChI is InChI=1S/C29H36ClF2N3O3/c1-27(2,3)15-21-29(5,26(37)34-17-9-6-8-16(31)12-17)22(19-10-7-11-20(30)23(19)32)24(35-21)25(36)33-18-13-28(4,38)14-18/h6-12,18,21-22,24,35,38H,13-15H2,1-5H3,(H,33,36)(H,34,37)/t18?,21-,22+,24-,28?,29+/m1/s1. The molecule has 0 unspecified atom stereocenters. The number of rotatable bonds is 6. The van der Waals surface area contributed by atoms with E-state index >= 15 is 4.39 Å². The molecule has 9 heteroatoms. The Labute approximate surface area is 227 Å². The number of nitrogens with one attached hydrogen (secondary N) is 3. The van der Waals surface area contributed by atoms with Crippen LogP contribution in [0.3, 0.4) is 0 Å². The molecule has 0 aromatic heterocycles. The molecule has 1 saturated heterocycles. The number of benzene rings is 2. The fourth-order valence-electron chi connectivity index (χ4n) is 5.95. The molecule has 4 N–H and O–H groups in total. The predicted octanol–water partition coefficient (Wildman–Crippen LogP) is 5.15. The zero-order chi connectivity index (χ0) is 28.0. The van der Waals surface area contributed by atoms with Crippen LogP contribution in [0, 0.1) is 22.5 Å². The molecule has 0 radical (unpaired) electrons. The Morgan fingerprint density at radius 2 is 1.79 bits per heavy atom. The quantitative estimate of drug-likeness (QED) is 0.402. The zero-order valence-electron chi connectivity index (χ0n) is 22.4. The van der Waals surface area contributed by atoms with E-state index in [0.717, 1.165) is 0 Å². The van der Waals surface area contributed by atoms with Gasteiger partial charge < -0.3 is 21.1 Å². The summed E-state index contributed by atoms with van der Waals surface area (Å²) in [7, 11) is 0. The lowest BCUT2D eigenvalue weighted by atomic mass is 9.66. The molecule has 1 aliphatic carbocycles. The third-order valence-electron chi connectivity index (χ3n) is 7.79. The molecule has 2 fully saturated rings. The summed E-state index contributed by atoms with van der Waals surface area (Å²) in [6, 6.07) is 8.42. The maximum Gasteiger partial charge on any atom is 0.238 e. The lowest BCUT2D eigenvalue weighted by molar-refractivity contribution is -0.128. The Kier molecular flexibility index (Phi) is 7.64. The first-order valence-electron chi connectivity index (χ1n) is 12.9. The van der Waals surface area contributed by atoms with Crippen molar-refractivity contribution in [2.75, 3.05) is 5.32 Å². The van der Waals surface area contributed by atoms with Gasteiger partial charge in [0.15, 0.2) is 0 Å². The third-order valence-corrected chi connectivity index (χ3v) is 8.08. The van der Waals surface area contributed by atoms with Crippen LogP contribution >= 0.6 is 11.6 Å². The van der Waals surface area contributed by atoms with E-state index in [4.69, 9.17) is 11.6 Å². The minimum absolute atomic E-state index is 0.108. The van der Waals surface area contributed by atoms with Gasteiger partial charge in [0, 0.05) is 23.7 Å². The molecular formula is C29H36ClF2N3O3. The minimum atomic E-state index is -1.32. The number of amides is 2. The van der Waals surface area contributed by atoms with Crippen LogP contribution in [0.25, 0.3) is 0 Å². The van der Waals surface area contributed by atoms with Crippen molar-refractivity contribution in [3.63, 3.8) is 0 Å². The normalized spacial score (nSPS) is 31.0. The van der Waals surface area contributed by atoms with Crippen LogP contribution in [-0.4, -0.2) is 40.6 Å². The fourth-order valence-corrected chi connectivity index (χ4v) is 6.13. The van der Waals surface area contributed by atoms with Gasteiger partial charge >= 0.3 is 0 Å². The second kappa shape index (κ2) is 10.2. The molecule has 2 aromatic rings. The van der Waals surface area contributed by atoms with E-state index in [9.17, 15) is 19.1 Å². The first-order valence-corrected chi connectivity index (χ1v) is 13.3. The molecule has 2 aromatic carbocycles. The number of anilines is 1. The van der Waals surface area contributed by atoms with Gasteiger partial charge in [-0.3, -0.25) is 9.59 Å². The van der Waals surface area contributed by atoms with Crippen molar-refractivity contribution < 1.29 is 23.5 Å². The summed E-state index contributed by atoms with van der Waals surface area (Å²) in [6.45, 7) is 9.51. The lowest BCUT2D eigenvalue weighted by Crippen LogP contribution is -2.57. The van der Waals surface area contributed by atoms with Gasteiger partial charge in [-0.05, 0) is 68.4 Å². The summed E-state index contributed by atoms with van der Waals surface area (Å²) in [5.74, 6) is -2.96. The van der Waals surface area contributed by atoms with Gasteiger partial charge in [0.2, 0.25) is 11.8 Å². The largest absolute Gasteiger partial charge is 0.390 e. The van der Waals surface area contributed by atoms with Crippen LogP contribution in [0.5, 0.6) is 0 Å². The Morgan fingerprint density at radius 3 is 2.39 bits per heavy atom. The molecule has 2 amide bonds. The lowest BCUT2D eigenvalue weighted by Gasteiger charge is -2.42. The molecule has 1 saturated carbocycles. The number of aliphatic hydroxyl groups is 1. The van der Waals surface area contributed by atoms with Crippen LogP contribution < -0.4 is 16.0 Å². The van der Waals surface area contributed by atoms with Crippen LogP contribution in [0.15, 0.2) is 42.5 Å². The van der Waals surface area contributed by atoms with Crippen LogP contribution in [0.4, 0.5) is 14.5 Å². The third kappa shape index (κ3) is 5.72. The van der Waals surface area contributed by atoms with E-state index in [1.54, 1.807) is 32.0 Å². The van der Waals surface area contributed by atoms with Crippen molar-refractivity contribution in [3.05, 3.63) is 64.7 Å². The summed E-state index contributed by atoms with van der Waals surface area (Å²) in [5.41, 5.74) is -1.99. The Bertz CT molecular complexity index is 1220. The molecule has 206 valence electrons. The van der Waals surface area contributed by atoms with E-state index in [1.165, 1.54) is 24.3 Å². The summed E-state index contributed by atoms with van der Waals surface area (Å²) in [6.07, 6.45) is 1.31. The van der Waals surface area contributed by atoms with Crippen molar-refractivity contribution in [3.8, 4) is 0 Å². The summed E-state index contributed by atoms with van der Waals surface area (Å²) in [5, 5.41) is 19.2. The van der Waals surface area contributed by atoms with Crippen molar-refractivity contribution >= 4 is 29.1 Å². The first-order chi connectivity index (χ1) is 17.6. The minimum Gasteiger partial charge on any atom is -0.390 e. The predicted molar refractivity (Wildman–Crippen MR) is 144 cm³/mol. The topological polar surface area (TPSA) is 90.5 Å². The van der Waals surface area contributed by atoms with Crippen molar-refractivity contribution in [1.82, 2.24) is 10.6 Å². The SMILES string of the molecule is CC(C)(C)C[C@H]1N[C@@H](C(=O)NC2CC(C)(O)C2)[C@H](c2cccc(Cl)c2F)[C@@]1(C)C(=O)Nc1cccc(F)c1. The van der Waals surface area contributed by atoms with Gasteiger partial charge in [0.05, 0.1) is 22.1 Å². The van der Waals surface area contributed by atoms with Gasteiger partial charge in [-0.25, -0.2) is 8.78 Å². The second-order valence-corrected chi connectivity index (χ2v) is 12.8. The highest BCUT2D eigenvalue weighted by Crippen LogP contribution is 2.51. The molecule has 0 spiro atoms. The van der Waals surface area contributed by atoms with E-state index in [-0.39, 0.29) is 33.6 Å². The molecule has 2 aliphatic rings. The maximum absolute atomic E-state index is 15.6. The highest BCUT2D eigenvalue weighted by atomic mass is 35.5. The Morgan fingerprint density at radius 1 is 1.13 bits per heavy atom. The Balaban J connectivity index is 1.78. The van der Waals surface area contributed by atoms with Gasteiger partial charge in [0.1, 0.15) is 11.6 Å². The molecule has 4 atom stereocenters. The highest BCUT2D eigenvalue weighted by Gasteiger charge is 2.60. The summed E-state index contributed by atoms with van der Waals surface area (Å²) < 4.78 is 29.5. The number of carbonyl (C=O) groups is 2. The van der Waals surface area contributed by atoms with Crippen LogP contribution in [-0.2, 0) is 9.59 Å². The van der Waals surface area contributed by atoms with Gasteiger partial charge in [-0.1, -0.05) is 50.6 Å². The Hall–Kier alpha value is -2.55. The van der Waals surface area contributed by atoms with Crippen LogP contribution in [0.1, 0.15) is 65.4 Å². The van der Waals surface area contributed by atoms with Gasteiger partial charge in [0.25, 0.3) is 0 Å². The average Bonchev–Trinajstić information content (AvgIpc) is 3.06. The molecule has 6 nitrogen and oxygen atoms in total. The fraction of sp³-hybridized carbons (Fsp3) is 0.517. The summed E-state index contributed by atoms with van der Waals surface area (Å²) >= 11 is 6.16.